The molecule has 0 saturated heterocycles. The second-order valence-electron chi connectivity index (χ2n) is 3.21. The van der Waals surface area contributed by atoms with E-state index in [-0.39, 0.29) is 11.6 Å². The van der Waals surface area contributed by atoms with Gasteiger partial charge in [-0.05, 0) is 13.3 Å². The van der Waals surface area contributed by atoms with Gasteiger partial charge in [-0.25, -0.2) is 4.98 Å². The van der Waals surface area contributed by atoms with E-state index in [1.807, 2.05) is 6.92 Å². The largest absolute Gasteiger partial charge is 0.363 e. The van der Waals surface area contributed by atoms with Crippen molar-refractivity contribution in [2.45, 2.75) is 19.4 Å². The molecule has 78 valence electrons. The van der Waals surface area contributed by atoms with Crippen LogP contribution >= 0.6 is 11.6 Å². The maximum absolute atomic E-state index is 11.5. The Kier molecular flexibility index (Phi) is 3.95. The molecule has 0 fully saturated rings. The third kappa shape index (κ3) is 2.73. The normalized spacial score (nSPS) is 12.5. The summed E-state index contributed by atoms with van der Waals surface area (Å²) in [5.41, 5.74) is -0.117. The second kappa shape index (κ2) is 5.00. The first-order valence-electron chi connectivity index (χ1n) is 4.49. The first-order chi connectivity index (χ1) is 6.65. The van der Waals surface area contributed by atoms with Gasteiger partial charge in [-0.1, -0.05) is 0 Å². The van der Waals surface area contributed by atoms with Gasteiger partial charge in [0.05, 0.1) is 0 Å². The Morgan fingerprint density at radius 1 is 1.71 bits per heavy atom. The van der Waals surface area contributed by atoms with Crippen LogP contribution in [0.15, 0.2) is 17.2 Å². The molecule has 1 rings (SSSR count). The zero-order valence-electron chi connectivity index (χ0n) is 8.33. The van der Waals surface area contributed by atoms with E-state index in [2.05, 4.69) is 10.3 Å². The van der Waals surface area contributed by atoms with Crippen molar-refractivity contribution in [3.8, 4) is 0 Å². The number of rotatable bonds is 4. The van der Waals surface area contributed by atoms with Crippen molar-refractivity contribution in [3.63, 3.8) is 0 Å². The van der Waals surface area contributed by atoms with E-state index in [1.165, 1.54) is 4.57 Å². The van der Waals surface area contributed by atoms with Crippen molar-refractivity contribution >= 4 is 17.4 Å². The Morgan fingerprint density at radius 3 is 3.07 bits per heavy atom. The minimum atomic E-state index is -0.117. The first kappa shape index (κ1) is 11.0. The Morgan fingerprint density at radius 2 is 2.43 bits per heavy atom. The van der Waals surface area contributed by atoms with Gasteiger partial charge in [0.15, 0.2) is 5.82 Å². The molecular formula is C9H14ClN3O. The summed E-state index contributed by atoms with van der Waals surface area (Å²) in [6.07, 6.45) is 4.03. The van der Waals surface area contributed by atoms with Crippen LogP contribution in [0.2, 0.25) is 0 Å². The number of alkyl halides is 1. The van der Waals surface area contributed by atoms with Crippen molar-refractivity contribution in [2.75, 3.05) is 11.2 Å². The highest BCUT2D eigenvalue weighted by atomic mass is 35.5. The Hall–Kier alpha value is -1.03. The van der Waals surface area contributed by atoms with Crippen LogP contribution in [-0.4, -0.2) is 21.5 Å². The third-order valence-electron chi connectivity index (χ3n) is 1.94. The van der Waals surface area contributed by atoms with Crippen molar-refractivity contribution in [1.82, 2.24) is 9.55 Å². The molecule has 1 N–H and O–H groups in total. The van der Waals surface area contributed by atoms with Crippen molar-refractivity contribution in [2.24, 2.45) is 7.05 Å². The zero-order chi connectivity index (χ0) is 10.6. The second-order valence-corrected chi connectivity index (χ2v) is 3.59. The van der Waals surface area contributed by atoms with Crippen LogP contribution in [0.5, 0.6) is 0 Å². The number of hydrogen-bond acceptors (Lipinski definition) is 3. The van der Waals surface area contributed by atoms with Crippen LogP contribution in [0.3, 0.4) is 0 Å². The minimum Gasteiger partial charge on any atom is -0.363 e. The van der Waals surface area contributed by atoms with Crippen LogP contribution in [-0.2, 0) is 7.05 Å². The minimum absolute atomic E-state index is 0.117. The topological polar surface area (TPSA) is 46.9 Å². The summed E-state index contributed by atoms with van der Waals surface area (Å²) in [7, 11) is 1.70. The van der Waals surface area contributed by atoms with Crippen LogP contribution in [0, 0.1) is 0 Å². The lowest BCUT2D eigenvalue weighted by molar-refractivity contribution is 0.750. The average molecular weight is 216 g/mol. The molecule has 0 aliphatic heterocycles. The molecule has 0 amide bonds. The molecule has 0 spiro atoms. The van der Waals surface area contributed by atoms with E-state index in [1.54, 1.807) is 19.4 Å². The number of anilines is 1. The summed E-state index contributed by atoms with van der Waals surface area (Å²) in [5.74, 6) is 0.953. The highest BCUT2D eigenvalue weighted by Crippen LogP contribution is 2.00. The highest BCUT2D eigenvalue weighted by molar-refractivity contribution is 6.17. The Labute approximate surface area is 87.9 Å². The standard InChI is InChI=1S/C9H14ClN3O/c1-7(3-4-10)12-8-9(14)13(2)6-5-11-8/h5-7H,3-4H2,1-2H3,(H,11,12). The lowest BCUT2D eigenvalue weighted by Gasteiger charge is -2.12. The van der Waals surface area contributed by atoms with Gasteiger partial charge in [0.2, 0.25) is 0 Å². The highest BCUT2D eigenvalue weighted by Gasteiger charge is 2.05. The summed E-state index contributed by atoms with van der Waals surface area (Å²) >= 11 is 5.59. The number of nitrogens with one attached hydrogen (secondary N) is 1. The molecule has 1 aromatic rings. The lowest BCUT2D eigenvalue weighted by Crippen LogP contribution is -2.26. The van der Waals surface area contributed by atoms with Crippen LogP contribution in [0.4, 0.5) is 5.82 Å². The first-order valence-corrected chi connectivity index (χ1v) is 5.02. The predicted molar refractivity (Wildman–Crippen MR) is 57.9 cm³/mol. The number of aryl methyl sites for hydroxylation is 1. The van der Waals surface area contributed by atoms with E-state index in [9.17, 15) is 4.79 Å². The van der Waals surface area contributed by atoms with Gasteiger partial charge in [-0.3, -0.25) is 4.79 Å². The zero-order valence-corrected chi connectivity index (χ0v) is 9.08. The van der Waals surface area contributed by atoms with E-state index in [4.69, 9.17) is 11.6 Å². The molecule has 0 aromatic carbocycles. The number of hydrogen-bond donors (Lipinski definition) is 1. The van der Waals surface area contributed by atoms with Crippen LogP contribution in [0.25, 0.3) is 0 Å². The molecule has 0 saturated carbocycles. The van der Waals surface area contributed by atoms with Crippen molar-refractivity contribution < 1.29 is 0 Å². The molecule has 0 bridgehead atoms. The predicted octanol–water partition coefficient (Wildman–Crippen LogP) is 1.21. The molecule has 0 aliphatic rings. The molecule has 0 radical (unpaired) electrons. The third-order valence-corrected chi connectivity index (χ3v) is 2.16. The number of aromatic nitrogens is 2. The van der Waals surface area contributed by atoms with Gasteiger partial charge in [-0.15, -0.1) is 11.6 Å². The maximum Gasteiger partial charge on any atom is 0.293 e. The maximum atomic E-state index is 11.5. The molecule has 5 heteroatoms. The van der Waals surface area contributed by atoms with E-state index >= 15 is 0 Å². The summed E-state index contributed by atoms with van der Waals surface area (Å²) in [5, 5.41) is 3.02. The SMILES string of the molecule is CC(CCCl)Nc1nccn(C)c1=O. The molecule has 1 unspecified atom stereocenters. The number of nitrogens with zero attached hydrogens (tertiary/aromatic N) is 2. The number of halogens is 1. The summed E-state index contributed by atoms with van der Waals surface area (Å²) in [6, 6.07) is 0.162. The molecule has 1 aromatic heterocycles. The Balaban J connectivity index is 2.77. The average Bonchev–Trinajstić information content (AvgIpc) is 2.13. The van der Waals surface area contributed by atoms with Crippen molar-refractivity contribution in [1.29, 1.82) is 0 Å². The molecule has 14 heavy (non-hydrogen) atoms. The molecule has 4 nitrogen and oxygen atoms in total. The van der Waals surface area contributed by atoms with Crippen LogP contribution < -0.4 is 10.9 Å². The molecule has 0 aliphatic carbocycles. The fraction of sp³-hybridized carbons (Fsp3) is 0.556. The lowest BCUT2D eigenvalue weighted by atomic mass is 10.2. The van der Waals surface area contributed by atoms with Gasteiger partial charge >= 0.3 is 0 Å². The molecule has 1 atom stereocenters. The van der Waals surface area contributed by atoms with Gasteiger partial charge < -0.3 is 9.88 Å². The van der Waals surface area contributed by atoms with Crippen molar-refractivity contribution in [3.05, 3.63) is 22.7 Å². The van der Waals surface area contributed by atoms with E-state index in [0.29, 0.717) is 11.7 Å². The van der Waals surface area contributed by atoms with Gasteiger partial charge in [0, 0.05) is 31.4 Å². The van der Waals surface area contributed by atoms with Gasteiger partial charge in [0.25, 0.3) is 5.56 Å². The Bertz CT molecular complexity index is 350. The van der Waals surface area contributed by atoms with Crippen LogP contribution in [0.1, 0.15) is 13.3 Å². The fourth-order valence-corrected chi connectivity index (χ4v) is 1.39. The monoisotopic (exact) mass is 215 g/mol. The van der Waals surface area contributed by atoms with E-state index in [0.717, 1.165) is 6.42 Å². The van der Waals surface area contributed by atoms with Gasteiger partial charge in [0.1, 0.15) is 0 Å². The summed E-state index contributed by atoms with van der Waals surface area (Å²) in [6.45, 7) is 1.97. The summed E-state index contributed by atoms with van der Waals surface area (Å²) < 4.78 is 1.49. The molecular weight excluding hydrogens is 202 g/mol. The summed E-state index contributed by atoms with van der Waals surface area (Å²) in [4.78, 5) is 15.5. The van der Waals surface area contributed by atoms with E-state index < -0.39 is 0 Å². The quantitative estimate of drug-likeness (QED) is 0.769. The smallest absolute Gasteiger partial charge is 0.293 e. The molecule has 1 heterocycles. The van der Waals surface area contributed by atoms with Gasteiger partial charge in [-0.2, -0.15) is 0 Å². The fourth-order valence-electron chi connectivity index (χ4n) is 1.07.